The maximum Gasteiger partial charge on any atom is 0.267 e. The summed E-state index contributed by atoms with van der Waals surface area (Å²) in [7, 11) is 0. The molecule has 8 heteroatoms. The molecule has 1 aliphatic heterocycles. The molecule has 0 spiro atoms. The van der Waals surface area contributed by atoms with E-state index in [1.54, 1.807) is 34.3 Å². The number of hydrogen-bond donors (Lipinski definition) is 0. The van der Waals surface area contributed by atoms with Gasteiger partial charge in [0.15, 0.2) is 5.17 Å². The summed E-state index contributed by atoms with van der Waals surface area (Å²) in [6.07, 6.45) is 3.55. The zero-order chi connectivity index (χ0) is 22.6. The van der Waals surface area contributed by atoms with Crippen molar-refractivity contribution in [1.82, 2.24) is 4.90 Å². The molecule has 0 unspecified atom stereocenters. The van der Waals surface area contributed by atoms with Crippen LogP contribution in [0.15, 0.2) is 109 Å². The molecular weight excluding hydrogens is 492 g/mol. The first-order chi connectivity index (χ1) is 16.1. The minimum atomic E-state index is -0.0774. The number of carbonyl (C=O) groups excluding carboxylic acids is 1. The van der Waals surface area contributed by atoms with Gasteiger partial charge in [-0.2, -0.15) is 0 Å². The maximum atomic E-state index is 13.3. The first kappa shape index (κ1) is 22.1. The zero-order valence-electron chi connectivity index (χ0n) is 17.2. The van der Waals surface area contributed by atoms with E-state index in [9.17, 15) is 4.79 Å². The van der Waals surface area contributed by atoms with Gasteiger partial charge in [-0.1, -0.05) is 41.6 Å². The number of rotatable bonds is 6. The molecule has 3 heterocycles. The Labute approximate surface area is 209 Å². The first-order valence-electron chi connectivity index (χ1n) is 10.0. The van der Waals surface area contributed by atoms with Crippen LogP contribution in [0.4, 0.5) is 5.69 Å². The van der Waals surface area contributed by atoms with Crippen molar-refractivity contribution in [1.29, 1.82) is 0 Å². The summed E-state index contributed by atoms with van der Waals surface area (Å²) in [5, 5.41) is 1.36. The van der Waals surface area contributed by atoms with E-state index in [2.05, 4.69) is 6.07 Å². The summed E-state index contributed by atoms with van der Waals surface area (Å²) in [6.45, 7) is 0.337. The zero-order valence-corrected chi connectivity index (χ0v) is 20.4. The lowest BCUT2D eigenvalue weighted by Gasteiger charge is -2.13. The first-order valence-corrected chi connectivity index (χ1v) is 12.9. The van der Waals surface area contributed by atoms with Crippen LogP contribution in [-0.2, 0) is 11.3 Å². The molecule has 2 aromatic heterocycles. The fourth-order valence-electron chi connectivity index (χ4n) is 3.12. The molecule has 33 heavy (non-hydrogen) atoms. The van der Waals surface area contributed by atoms with Gasteiger partial charge < -0.3 is 4.42 Å². The molecular formula is C25H17ClN2O2S3. The number of para-hydroxylation sites is 1. The van der Waals surface area contributed by atoms with Gasteiger partial charge in [-0.25, -0.2) is 4.99 Å². The van der Waals surface area contributed by atoms with Crippen molar-refractivity contribution in [3.05, 3.63) is 106 Å². The average Bonchev–Trinajstić information content (AvgIpc) is 3.56. The predicted molar refractivity (Wildman–Crippen MR) is 138 cm³/mol. The number of furan rings is 1. The van der Waals surface area contributed by atoms with Crippen molar-refractivity contribution >= 4 is 69.3 Å². The lowest BCUT2D eigenvalue weighted by molar-refractivity contribution is -0.122. The SMILES string of the molecule is O=C1C(=Cc2ccc(Sc3ccc(Cl)cc3)s2)SC(=Nc2ccccc2)N1Cc1ccco1. The van der Waals surface area contributed by atoms with E-state index in [-0.39, 0.29) is 5.91 Å². The second kappa shape index (κ2) is 10.1. The van der Waals surface area contributed by atoms with E-state index in [0.717, 1.165) is 24.7 Å². The number of aliphatic imine (C=N–C) groups is 1. The fourth-order valence-corrected chi connectivity index (χ4v) is 6.37. The second-order valence-corrected chi connectivity index (χ2v) is 11.0. The summed E-state index contributed by atoms with van der Waals surface area (Å²) >= 11 is 10.7. The highest BCUT2D eigenvalue weighted by atomic mass is 35.5. The minimum absolute atomic E-state index is 0.0774. The molecule has 4 aromatic rings. The maximum absolute atomic E-state index is 13.3. The van der Waals surface area contributed by atoms with Crippen LogP contribution in [0.25, 0.3) is 6.08 Å². The molecule has 2 aromatic carbocycles. The number of amides is 1. The minimum Gasteiger partial charge on any atom is -0.467 e. The van der Waals surface area contributed by atoms with Crippen LogP contribution in [0.5, 0.6) is 0 Å². The number of thioether (sulfide) groups is 1. The molecule has 0 atom stereocenters. The fraction of sp³-hybridized carbons (Fsp3) is 0.0400. The Hall–Kier alpha value is -2.71. The van der Waals surface area contributed by atoms with Gasteiger partial charge in [0.1, 0.15) is 5.76 Å². The van der Waals surface area contributed by atoms with Crippen molar-refractivity contribution in [2.75, 3.05) is 0 Å². The third kappa shape index (κ3) is 5.45. The van der Waals surface area contributed by atoms with Gasteiger partial charge in [0.25, 0.3) is 5.91 Å². The second-order valence-electron chi connectivity index (χ2n) is 7.02. The molecule has 5 rings (SSSR count). The van der Waals surface area contributed by atoms with Crippen LogP contribution >= 0.6 is 46.5 Å². The number of hydrogen-bond acceptors (Lipinski definition) is 6. The summed E-state index contributed by atoms with van der Waals surface area (Å²) in [5.74, 6) is 0.634. The number of thiophene rings is 1. The van der Waals surface area contributed by atoms with Crippen LogP contribution in [0.1, 0.15) is 10.6 Å². The summed E-state index contributed by atoms with van der Waals surface area (Å²) in [5.41, 5.74) is 0.802. The Bertz CT molecular complexity index is 1310. The van der Waals surface area contributed by atoms with Gasteiger partial charge in [0, 0.05) is 14.8 Å². The third-order valence-corrected chi connectivity index (χ3v) is 8.10. The van der Waals surface area contributed by atoms with Gasteiger partial charge in [0.05, 0.1) is 27.6 Å². The van der Waals surface area contributed by atoms with Gasteiger partial charge in [-0.15, -0.1) is 11.3 Å². The van der Waals surface area contributed by atoms with Crippen LogP contribution in [-0.4, -0.2) is 16.0 Å². The van der Waals surface area contributed by atoms with Crippen LogP contribution in [0.3, 0.4) is 0 Å². The number of carbonyl (C=O) groups is 1. The molecule has 0 aliphatic carbocycles. The monoisotopic (exact) mass is 508 g/mol. The van der Waals surface area contributed by atoms with Gasteiger partial charge in [-0.3, -0.25) is 9.69 Å². The van der Waals surface area contributed by atoms with E-state index >= 15 is 0 Å². The van der Waals surface area contributed by atoms with Crippen molar-refractivity contribution in [2.24, 2.45) is 4.99 Å². The summed E-state index contributed by atoms with van der Waals surface area (Å²) in [6, 6.07) is 25.2. The number of halogens is 1. The van der Waals surface area contributed by atoms with Gasteiger partial charge in [-0.05, 0) is 78.5 Å². The number of amidine groups is 1. The molecule has 0 radical (unpaired) electrons. The molecule has 1 aliphatic rings. The Morgan fingerprint density at radius 3 is 2.58 bits per heavy atom. The van der Waals surface area contributed by atoms with E-state index in [1.165, 1.54) is 11.8 Å². The molecule has 4 nitrogen and oxygen atoms in total. The van der Waals surface area contributed by atoms with E-state index in [0.29, 0.717) is 22.4 Å². The van der Waals surface area contributed by atoms with Crippen molar-refractivity contribution < 1.29 is 9.21 Å². The molecule has 1 fully saturated rings. The van der Waals surface area contributed by atoms with Crippen molar-refractivity contribution in [3.8, 4) is 0 Å². The quantitative estimate of drug-likeness (QED) is 0.248. The molecule has 0 saturated carbocycles. The molecule has 0 N–H and O–H groups in total. The molecule has 164 valence electrons. The van der Waals surface area contributed by atoms with E-state index in [4.69, 9.17) is 21.0 Å². The van der Waals surface area contributed by atoms with Gasteiger partial charge >= 0.3 is 0 Å². The largest absolute Gasteiger partial charge is 0.467 e. The summed E-state index contributed by atoms with van der Waals surface area (Å²) in [4.78, 5) is 22.4. The van der Waals surface area contributed by atoms with Crippen LogP contribution < -0.4 is 0 Å². The normalized spacial score (nSPS) is 16.3. The Morgan fingerprint density at radius 1 is 1.00 bits per heavy atom. The molecule has 0 bridgehead atoms. The van der Waals surface area contributed by atoms with Crippen molar-refractivity contribution in [3.63, 3.8) is 0 Å². The molecule has 1 amide bonds. The number of benzene rings is 2. The topological polar surface area (TPSA) is 45.8 Å². The standard InChI is InChI=1S/C25H17ClN2O2S3/c26-17-8-10-20(11-9-17)31-23-13-12-21(32-23)15-22-24(29)28(16-19-7-4-14-30-19)25(33-22)27-18-5-2-1-3-6-18/h1-15H,16H2. The Kier molecular flexibility index (Phi) is 6.73. The smallest absolute Gasteiger partial charge is 0.267 e. The van der Waals surface area contributed by atoms with E-state index < -0.39 is 0 Å². The van der Waals surface area contributed by atoms with Crippen LogP contribution in [0, 0.1) is 0 Å². The highest BCUT2D eigenvalue weighted by molar-refractivity contribution is 8.18. The average molecular weight is 509 g/mol. The Balaban J connectivity index is 1.39. The molecule has 1 saturated heterocycles. The number of nitrogens with zero attached hydrogens (tertiary/aromatic N) is 2. The summed E-state index contributed by atoms with van der Waals surface area (Å²) < 4.78 is 6.62. The Morgan fingerprint density at radius 2 is 1.82 bits per heavy atom. The van der Waals surface area contributed by atoms with Crippen molar-refractivity contribution in [2.45, 2.75) is 15.6 Å². The predicted octanol–water partition coefficient (Wildman–Crippen LogP) is 7.95. The van der Waals surface area contributed by atoms with Gasteiger partial charge in [0.2, 0.25) is 0 Å². The van der Waals surface area contributed by atoms with Crippen LogP contribution in [0.2, 0.25) is 5.02 Å². The third-order valence-electron chi connectivity index (χ3n) is 4.67. The lowest BCUT2D eigenvalue weighted by atomic mass is 10.3. The lowest BCUT2D eigenvalue weighted by Crippen LogP contribution is -2.28. The highest BCUT2D eigenvalue weighted by Crippen LogP contribution is 2.38. The highest BCUT2D eigenvalue weighted by Gasteiger charge is 2.34. The van der Waals surface area contributed by atoms with E-state index in [1.807, 2.05) is 78.9 Å².